The number of nitrogens with one attached hydrogen (secondary N) is 2. The van der Waals surface area contributed by atoms with Gasteiger partial charge in [-0.1, -0.05) is 0 Å². The molecule has 2 rings (SSSR count). The third-order valence-electron chi connectivity index (χ3n) is 3.16. The molecule has 4 N–H and O–H groups in total. The van der Waals surface area contributed by atoms with Crippen molar-refractivity contribution < 1.29 is 14.3 Å². The summed E-state index contributed by atoms with van der Waals surface area (Å²) in [6.45, 7) is 1.77. The number of nitrogens with two attached hydrogens (primary N) is 1. The van der Waals surface area contributed by atoms with Gasteiger partial charge in [-0.05, 0) is 38.0 Å². The van der Waals surface area contributed by atoms with Gasteiger partial charge in [-0.3, -0.25) is 4.79 Å². The fourth-order valence-electron chi connectivity index (χ4n) is 1.80. The van der Waals surface area contributed by atoms with E-state index in [0.29, 0.717) is 17.4 Å². The van der Waals surface area contributed by atoms with Crippen molar-refractivity contribution in [1.29, 1.82) is 0 Å². The minimum absolute atomic E-state index is 0.0519. The zero-order valence-corrected chi connectivity index (χ0v) is 11.6. The van der Waals surface area contributed by atoms with E-state index >= 15 is 0 Å². The summed E-state index contributed by atoms with van der Waals surface area (Å²) in [4.78, 5) is 23.4. The van der Waals surface area contributed by atoms with Crippen molar-refractivity contribution in [3.05, 3.63) is 23.8 Å². The molecule has 108 valence electrons. The summed E-state index contributed by atoms with van der Waals surface area (Å²) in [7, 11) is 1.30. The van der Waals surface area contributed by atoms with Crippen molar-refractivity contribution in [2.24, 2.45) is 0 Å². The van der Waals surface area contributed by atoms with Crippen molar-refractivity contribution in [2.45, 2.75) is 31.8 Å². The van der Waals surface area contributed by atoms with E-state index < -0.39 is 5.97 Å². The number of carbonyl (C=O) groups is 2. The van der Waals surface area contributed by atoms with Crippen LogP contribution in [0.3, 0.4) is 0 Å². The van der Waals surface area contributed by atoms with E-state index in [0.717, 1.165) is 12.8 Å². The maximum atomic E-state index is 11.8. The third kappa shape index (κ3) is 3.40. The summed E-state index contributed by atoms with van der Waals surface area (Å²) in [5, 5.41) is 5.96. The lowest BCUT2D eigenvalue weighted by Crippen LogP contribution is -2.38. The van der Waals surface area contributed by atoms with E-state index in [1.165, 1.54) is 7.11 Å². The maximum Gasteiger partial charge on any atom is 0.340 e. The highest BCUT2D eigenvalue weighted by Gasteiger charge is 2.25. The Bertz CT molecular complexity index is 526. The number of carbonyl (C=O) groups excluding carboxylic acids is 2. The van der Waals surface area contributed by atoms with Crippen molar-refractivity contribution in [3.63, 3.8) is 0 Å². The smallest absolute Gasteiger partial charge is 0.340 e. The summed E-state index contributed by atoms with van der Waals surface area (Å²) in [6.07, 6.45) is 2.10. The van der Waals surface area contributed by atoms with Gasteiger partial charge in [-0.15, -0.1) is 0 Å². The number of esters is 1. The standard InChI is InChI=1S/C14H19N3O3/c1-8(13(18)17-9-3-4-9)16-10-5-6-12(15)11(7-10)14(19)20-2/h5-9,16H,3-4,15H2,1-2H3,(H,17,18). The number of nitrogen functional groups attached to an aromatic ring is 1. The first-order chi connectivity index (χ1) is 9.51. The SMILES string of the molecule is COC(=O)c1cc(NC(C)C(=O)NC2CC2)ccc1N. The first-order valence-electron chi connectivity index (χ1n) is 6.56. The fourth-order valence-corrected chi connectivity index (χ4v) is 1.80. The van der Waals surface area contributed by atoms with Crippen molar-refractivity contribution in [3.8, 4) is 0 Å². The number of hydrogen-bond donors (Lipinski definition) is 3. The molecule has 1 atom stereocenters. The first-order valence-corrected chi connectivity index (χ1v) is 6.56. The molecule has 1 aliphatic rings. The van der Waals surface area contributed by atoms with Crippen LogP contribution in [0.5, 0.6) is 0 Å². The van der Waals surface area contributed by atoms with E-state index in [1.807, 2.05) is 0 Å². The average molecular weight is 277 g/mol. The summed E-state index contributed by atoms with van der Waals surface area (Å²) in [5.41, 5.74) is 7.00. The molecule has 0 heterocycles. The highest BCUT2D eigenvalue weighted by Crippen LogP contribution is 2.21. The van der Waals surface area contributed by atoms with Crippen LogP contribution in [-0.4, -0.2) is 31.1 Å². The van der Waals surface area contributed by atoms with E-state index in [9.17, 15) is 9.59 Å². The Hall–Kier alpha value is -2.24. The molecule has 1 unspecified atom stereocenters. The Morgan fingerprint density at radius 2 is 2.10 bits per heavy atom. The normalized spacial score (nSPS) is 15.3. The van der Waals surface area contributed by atoms with Crippen LogP contribution in [-0.2, 0) is 9.53 Å². The second-order valence-electron chi connectivity index (χ2n) is 4.94. The number of rotatable bonds is 5. The Balaban J connectivity index is 2.04. The van der Waals surface area contributed by atoms with Gasteiger partial charge in [0, 0.05) is 17.4 Å². The fraction of sp³-hybridized carbons (Fsp3) is 0.429. The second-order valence-corrected chi connectivity index (χ2v) is 4.94. The Morgan fingerprint density at radius 3 is 2.70 bits per heavy atom. The minimum atomic E-state index is -0.499. The summed E-state index contributed by atoms with van der Waals surface area (Å²) in [6, 6.07) is 4.86. The lowest BCUT2D eigenvalue weighted by molar-refractivity contribution is -0.121. The number of benzene rings is 1. The van der Waals surface area contributed by atoms with Crippen LogP contribution >= 0.6 is 0 Å². The Labute approximate surface area is 117 Å². The minimum Gasteiger partial charge on any atom is -0.465 e. The van der Waals surface area contributed by atoms with Crippen LogP contribution in [0.2, 0.25) is 0 Å². The van der Waals surface area contributed by atoms with Gasteiger partial charge in [-0.25, -0.2) is 4.79 Å². The third-order valence-corrected chi connectivity index (χ3v) is 3.16. The molecule has 20 heavy (non-hydrogen) atoms. The van der Waals surface area contributed by atoms with Gasteiger partial charge in [0.15, 0.2) is 0 Å². The van der Waals surface area contributed by atoms with E-state index in [2.05, 4.69) is 15.4 Å². The molecule has 0 radical (unpaired) electrons. The van der Waals surface area contributed by atoms with Crippen molar-refractivity contribution in [1.82, 2.24) is 5.32 Å². The molecule has 1 saturated carbocycles. The van der Waals surface area contributed by atoms with Crippen LogP contribution in [0.4, 0.5) is 11.4 Å². The lowest BCUT2D eigenvalue weighted by atomic mass is 10.1. The molecule has 1 amide bonds. The van der Waals surface area contributed by atoms with Gasteiger partial charge >= 0.3 is 5.97 Å². The predicted molar refractivity (Wildman–Crippen MR) is 76.4 cm³/mol. The van der Waals surface area contributed by atoms with E-state index in [1.54, 1.807) is 25.1 Å². The topological polar surface area (TPSA) is 93.4 Å². The van der Waals surface area contributed by atoms with Gasteiger partial charge in [0.05, 0.1) is 12.7 Å². The number of anilines is 2. The molecule has 0 saturated heterocycles. The molecule has 1 aromatic rings. The maximum absolute atomic E-state index is 11.8. The summed E-state index contributed by atoms with van der Waals surface area (Å²) in [5.74, 6) is -0.551. The van der Waals surface area contributed by atoms with Crippen LogP contribution in [0, 0.1) is 0 Å². The van der Waals surface area contributed by atoms with Crippen molar-refractivity contribution >= 4 is 23.3 Å². The van der Waals surface area contributed by atoms with E-state index in [-0.39, 0.29) is 17.5 Å². The molecular weight excluding hydrogens is 258 g/mol. The molecule has 0 aromatic heterocycles. The van der Waals surface area contributed by atoms with Gasteiger partial charge in [-0.2, -0.15) is 0 Å². The molecule has 6 nitrogen and oxygen atoms in total. The predicted octanol–water partition coefficient (Wildman–Crippen LogP) is 1.13. The van der Waals surface area contributed by atoms with Gasteiger partial charge in [0.2, 0.25) is 5.91 Å². The summed E-state index contributed by atoms with van der Waals surface area (Å²) >= 11 is 0. The number of hydrogen-bond acceptors (Lipinski definition) is 5. The zero-order valence-electron chi connectivity index (χ0n) is 11.6. The zero-order chi connectivity index (χ0) is 14.7. The van der Waals surface area contributed by atoms with Crippen LogP contribution in [0.15, 0.2) is 18.2 Å². The van der Waals surface area contributed by atoms with Gasteiger partial charge in [0.1, 0.15) is 6.04 Å². The Kier molecular flexibility index (Phi) is 4.12. The second kappa shape index (κ2) is 5.81. The number of amides is 1. The molecule has 1 fully saturated rings. The average Bonchev–Trinajstić information content (AvgIpc) is 3.23. The Morgan fingerprint density at radius 1 is 1.40 bits per heavy atom. The monoisotopic (exact) mass is 277 g/mol. The first kappa shape index (κ1) is 14.2. The van der Waals surface area contributed by atoms with Crippen LogP contribution in [0.1, 0.15) is 30.1 Å². The van der Waals surface area contributed by atoms with Crippen LogP contribution in [0.25, 0.3) is 0 Å². The largest absolute Gasteiger partial charge is 0.465 e. The van der Waals surface area contributed by atoms with Crippen molar-refractivity contribution in [2.75, 3.05) is 18.2 Å². The number of ether oxygens (including phenoxy) is 1. The molecule has 0 spiro atoms. The highest BCUT2D eigenvalue weighted by molar-refractivity contribution is 5.96. The molecule has 6 heteroatoms. The van der Waals surface area contributed by atoms with Crippen LogP contribution < -0.4 is 16.4 Å². The number of methoxy groups -OCH3 is 1. The van der Waals surface area contributed by atoms with Gasteiger partial charge in [0.25, 0.3) is 0 Å². The van der Waals surface area contributed by atoms with Gasteiger partial charge < -0.3 is 21.1 Å². The lowest BCUT2D eigenvalue weighted by Gasteiger charge is -2.16. The quantitative estimate of drug-likeness (QED) is 0.554. The van der Waals surface area contributed by atoms with E-state index in [4.69, 9.17) is 5.73 Å². The molecule has 0 bridgehead atoms. The molecular formula is C14H19N3O3. The highest BCUT2D eigenvalue weighted by atomic mass is 16.5. The molecule has 1 aromatic carbocycles. The molecule has 0 aliphatic heterocycles. The summed E-state index contributed by atoms with van der Waals surface area (Å²) < 4.78 is 4.66. The molecule has 1 aliphatic carbocycles.